The van der Waals surface area contributed by atoms with Gasteiger partial charge in [-0.15, -0.1) is 0 Å². The Bertz CT molecular complexity index is 476. The van der Waals surface area contributed by atoms with Gasteiger partial charge in [0, 0.05) is 30.9 Å². The smallest absolute Gasteiger partial charge is 0.0762 e. The summed E-state index contributed by atoms with van der Waals surface area (Å²) < 4.78 is 1.81. The molecule has 0 saturated heterocycles. The minimum atomic E-state index is 0.286. The maximum absolute atomic E-state index is 5.86. The monoisotopic (exact) mass is 249 g/mol. The predicted octanol–water partition coefficient (Wildman–Crippen LogP) is 2.92. The van der Waals surface area contributed by atoms with Crippen LogP contribution in [-0.2, 0) is 13.6 Å². The third-order valence-electron chi connectivity index (χ3n) is 2.73. The minimum Gasteiger partial charge on any atom is -0.304 e. The van der Waals surface area contributed by atoms with Crippen LogP contribution >= 0.6 is 11.6 Å². The molecule has 1 heterocycles. The fourth-order valence-electron chi connectivity index (χ4n) is 1.68. The second kappa shape index (κ2) is 5.34. The lowest BCUT2D eigenvalue weighted by atomic mass is 10.1. The first-order valence-electron chi connectivity index (χ1n) is 5.62. The molecule has 1 atom stereocenters. The molecule has 0 radical (unpaired) electrons. The van der Waals surface area contributed by atoms with Gasteiger partial charge in [-0.1, -0.05) is 23.7 Å². The number of nitrogens with one attached hydrogen (secondary N) is 1. The van der Waals surface area contributed by atoms with E-state index in [4.69, 9.17) is 11.6 Å². The van der Waals surface area contributed by atoms with Gasteiger partial charge in [0.15, 0.2) is 0 Å². The minimum absolute atomic E-state index is 0.286. The first kappa shape index (κ1) is 12.1. The molecule has 1 N–H and O–H groups in total. The second-order valence-electron chi connectivity index (χ2n) is 4.13. The summed E-state index contributed by atoms with van der Waals surface area (Å²) in [7, 11) is 1.92. The molecule has 2 aromatic rings. The van der Waals surface area contributed by atoms with Crippen LogP contribution in [0.1, 0.15) is 24.2 Å². The van der Waals surface area contributed by atoms with E-state index < -0.39 is 0 Å². The molecule has 90 valence electrons. The molecule has 17 heavy (non-hydrogen) atoms. The summed E-state index contributed by atoms with van der Waals surface area (Å²) in [6, 6.07) is 10.2. The molecule has 1 aromatic carbocycles. The van der Waals surface area contributed by atoms with Crippen LogP contribution in [0.5, 0.6) is 0 Å². The van der Waals surface area contributed by atoms with Crippen molar-refractivity contribution in [3.8, 4) is 0 Å². The molecule has 0 spiro atoms. The van der Waals surface area contributed by atoms with Crippen molar-refractivity contribution < 1.29 is 0 Å². The highest BCUT2D eigenvalue weighted by Crippen LogP contribution is 2.16. The number of hydrogen-bond donors (Lipinski definition) is 1. The van der Waals surface area contributed by atoms with Crippen molar-refractivity contribution in [1.29, 1.82) is 0 Å². The van der Waals surface area contributed by atoms with Crippen LogP contribution in [0.2, 0.25) is 5.02 Å². The lowest BCUT2D eigenvalue weighted by molar-refractivity contribution is 0.562. The quantitative estimate of drug-likeness (QED) is 0.903. The van der Waals surface area contributed by atoms with Crippen molar-refractivity contribution in [3.05, 3.63) is 52.8 Å². The van der Waals surface area contributed by atoms with Crippen LogP contribution in [0.3, 0.4) is 0 Å². The predicted molar refractivity (Wildman–Crippen MR) is 69.9 cm³/mol. The van der Waals surface area contributed by atoms with Gasteiger partial charge in [0.2, 0.25) is 0 Å². The Labute approximate surface area is 106 Å². The van der Waals surface area contributed by atoms with Gasteiger partial charge in [-0.05, 0) is 30.7 Å². The average Bonchev–Trinajstić information content (AvgIpc) is 2.73. The van der Waals surface area contributed by atoms with Gasteiger partial charge in [0.25, 0.3) is 0 Å². The Kier molecular flexibility index (Phi) is 3.82. The average molecular weight is 250 g/mol. The van der Waals surface area contributed by atoms with Gasteiger partial charge in [-0.25, -0.2) is 0 Å². The van der Waals surface area contributed by atoms with Crippen molar-refractivity contribution in [2.75, 3.05) is 0 Å². The first-order chi connectivity index (χ1) is 8.15. The molecular weight excluding hydrogens is 234 g/mol. The van der Waals surface area contributed by atoms with Crippen LogP contribution in [0, 0.1) is 0 Å². The highest BCUT2D eigenvalue weighted by Gasteiger charge is 2.05. The molecule has 0 fully saturated rings. The number of aromatic nitrogens is 2. The highest BCUT2D eigenvalue weighted by atomic mass is 35.5. The number of halogens is 1. The Balaban J connectivity index is 1.93. The molecule has 2 rings (SSSR count). The molecule has 0 bridgehead atoms. The fourth-order valence-corrected chi connectivity index (χ4v) is 1.81. The van der Waals surface area contributed by atoms with Gasteiger partial charge >= 0.3 is 0 Å². The Morgan fingerprint density at radius 1 is 1.29 bits per heavy atom. The van der Waals surface area contributed by atoms with Crippen LogP contribution in [0.25, 0.3) is 0 Å². The number of nitrogens with zero attached hydrogens (tertiary/aromatic N) is 2. The fraction of sp³-hybridized carbons (Fsp3) is 0.308. The highest BCUT2D eigenvalue weighted by molar-refractivity contribution is 6.30. The molecule has 1 aromatic heterocycles. The van der Waals surface area contributed by atoms with Crippen molar-refractivity contribution in [3.63, 3.8) is 0 Å². The van der Waals surface area contributed by atoms with Crippen molar-refractivity contribution in [1.82, 2.24) is 15.1 Å². The summed E-state index contributed by atoms with van der Waals surface area (Å²) in [5, 5.41) is 8.52. The summed E-state index contributed by atoms with van der Waals surface area (Å²) in [6.07, 6.45) is 1.95. The Morgan fingerprint density at radius 3 is 2.59 bits per heavy atom. The third-order valence-corrected chi connectivity index (χ3v) is 2.98. The van der Waals surface area contributed by atoms with Gasteiger partial charge in [-0.2, -0.15) is 5.10 Å². The van der Waals surface area contributed by atoms with E-state index in [-0.39, 0.29) is 6.04 Å². The number of rotatable bonds is 4. The number of hydrogen-bond acceptors (Lipinski definition) is 2. The van der Waals surface area contributed by atoms with E-state index in [0.29, 0.717) is 0 Å². The molecular formula is C13H16ClN3. The molecule has 0 aliphatic carbocycles. The Morgan fingerprint density at radius 2 is 2.00 bits per heavy atom. The summed E-state index contributed by atoms with van der Waals surface area (Å²) >= 11 is 5.86. The molecule has 0 saturated carbocycles. The molecule has 3 nitrogen and oxygen atoms in total. The first-order valence-corrected chi connectivity index (χ1v) is 6.00. The van der Waals surface area contributed by atoms with Crippen LogP contribution < -0.4 is 5.32 Å². The molecule has 0 unspecified atom stereocenters. The normalized spacial score (nSPS) is 12.6. The van der Waals surface area contributed by atoms with Gasteiger partial charge < -0.3 is 5.32 Å². The summed E-state index contributed by atoms with van der Waals surface area (Å²) in [6.45, 7) is 2.90. The zero-order valence-electron chi connectivity index (χ0n) is 10.0. The van der Waals surface area contributed by atoms with E-state index >= 15 is 0 Å². The molecule has 0 aliphatic heterocycles. The summed E-state index contributed by atoms with van der Waals surface area (Å²) in [5.74, 6) is 0. The van der Waals surface area contributed by atoms with E-state index in [1.54, 1.807) is 0 Å². The molecule has 0 aliphatic rings. The third kappa shape index (κ3) is 3.32. The number of aryl methyl sites for hydroxylation is 1. The van der Waals surface area contributed by atoms with E-state index in [9.17, 15) is 0 Å². The maximum Gasteiger partial charge on any atom is 0.0762 e. The van der Waals surface area contributed by atoms with Crippen LogP contribution in [0.4, 0.5) is 0 Å². The van der Waals surface area contributed by atoms with Crippen molar-refractivity contribution in [2.24, 2.45) is 7.05 Å². The zero-order chi connectivity index (χ0) is 12.3. The topological polar surface area (TPSA) is 29.9 Å². The summed E-state index contributed by atoms with van der Waals surface area (Å²) in [4.78, 5) is 0. The van der Waals surface area contributed by atoms with Crippen molar-refractivity contribution >= 4 is 11.6 Å². The maximum atomic E-state index is 5.86. The zero-order valence-corrected chi connectivity index (χ0v) is 10.8. The second-order valence-corrected chi connectivity index (χ2v) is 4.57. The lowest BCUT2D eigenvalue weighted by Gasteiger charge is -2.13. The molecule has 0 amide bonds. The van der Waals surface area contributed by atoms with Crippen LogP contribution in [0.15, 0.2) is 36.5 Å². The largest absolute Gasteiger partial charge is 0.304 e. The van der Waals surface area contributed by atoms with E-state index in [2.05, 4.69) is 17.3 Å². The Hall–Kier alpha value is -1.32. The van der Waals surface area contributed by atoms with E-state index in [0.717, 1.165) is 17.3 Å². The number of benzene rings is 1. The van der Waals surface area contributed by atoms with Gasteiger partial charge in [0.05, 0.1) is 5.69 Å². The molecule has 4 heteroatoms. The van der Waals surface area contributed by atoms with Crippen molar-refractivity contribution in [2.45, 2.75) is 19.5 Å². The SMILES string of the molecule is C[C@H](NCc1ccn(C)n1)c1ccc(Cl)cc1. The lowest BCUT2D eigenvalue weighted by Crippen LogP contribution is -2.18. The van der Waals surface area contributed by atoms with E-state index in [1.165, 1.54) is 5.56 Å². The standard InChI is InChI=1S/C13H16ClN3/c1-10(11-3-5-12(14)6-4-11)15-9-13-7-8-17(2)16-13/h3-8,10,15H,9H2,1-2H3/t10-/m0/s1. The van der Waals surface area contributed by atoms with Gasteiger partial charge in [-0.3, -0.25) is 4.68 Å². The van der Waals surface area contributed by atoms with Gasteiger partial charge in [0.1, 0.15) is 0 Å². The summed E-state index contributed by atoms with van der Waals surface area (Å²) in [5.41, 5.74) is 2.28. The van der Waals surface area contributed by atoms with Crippen LogP contribution in [-0.4, -0.2) is 9.78 Å². The van der Waals surface area contributed by atoms with E-state index in [1.807, 2.05) is 48.3 Å².